The van der Waals surface area contributed by atoms with Crippen LogP contribution in [-0.4, -0.2) is 6.54 Å². The van der Waals surface area contributed by atoms with Crippen molar-refractivity contribution >= 4 is 23.2 Å². The van der Waals surface area contributed by atoms with E-state index in [1.165, 1.54) is 0 Å². The lowest BCUT2D eigenvalue weighted by Crippen LogP contribution is -2.16. The number of aryl methyl sites for hydroxylation is 1. The molecular weight excluding hydrogens is 269 g/mol. The summed E-state index contributed by atoms with van der Waals surface area (Å²) in [7, 11) is 0. The zero-order valence-electron chi connectivity index (χ0n) is 10.2. The van der Waals surface area contributed by atoms with Gasteiger partial charge in [0, 0.05) is 10.0 Å². The fraction of sp³-hybridized carbons (Fsp3) is 0.286. The van der Waals surface area contributed by atoms with Crippen LogP contribution in [0.2, 0.25) is 10.0 Å². The van der Waals surface area contributed by atoms with Gasteiger partial charge in [0.15, 0.2) is 0 Å². The zero-order chi connectivity index (χ0) is 13.0. The molecule has 0 spiro atoms. The van der Waals surface area contributed by atoms with E-state index in [0.717, 1.165) is 41.6 Å². The van der Waals surface area contributed by atoms with E-state index in [-0.39, 0.29) is 0 Å². The molecule has 18 heavy (non-hydrogen) atoms. The number of furan rings is 1. The molecule has 0 aliphatic carbocycles. The molecule has 0 fully saturated rings. The minimum absolute atomic E-state index is 0.669. The fourth-order valence-electron chi connectivity index (χ4n) is 1.74. The molecule has 0 saturated heterocycles. The van der Waals surface area contributed by atoms with E-state index in [9.17, 15) is 0 Å². The van der Waals surface area contributed by atoms with E-state index in [1.807, 2.05) is 31.2 Å². The van der Waals surface area contributed by atoms with Crippen molar-refractivity contribution in [2.75, 3.05) is 6.54 Å². The summed E-state index contributed by atoms with van der Waals surface area (Å²) in [5.41, 5.74) is 1.10. The van der Waals surface area contributed by atoms with Crippen molar-refractivity contribution < 1.29 is 4.42 Å². The maximum absolute atomic E-state index is 6.10. The predicted octanol–water partition coefficient (Wildman–Crippen LogP) is 4.23. The van der Waals surface area contributed by atoms with Gasteiger partial charge >= 0.3 is 0 Å². The van der Waals surface area contributed by atoms with Crippen molar-refractivity contribution in [3.63, 3.8) is 0 Å². The van der Waals surface area contributed by atoms with Crippen molar-refractivity contribution in [2.45, 2.75) is 19.9 Å². The minimum Gasteiger partial charge on any atom is -0.465 e. The van der Waals surface area contributed by atoms with E-state index >= 15 is 0 Å². The standard InChI is InChI=1S/C14H15Cl2NO/c1-10-2-5-13(18-10)9-17-7-6-11-3-4-12(15)8-14(11)16/h2-5,8,17H,6-7,9H2,1H3. The van der Waals surface area contributed by atoms with E-state index in [2.05, 4.69) is 5.32 Å². The van der Waals surface area contributed by atoms with Crippen molar-refractivity contribution in [2.24, 2.45) is 0 Å². The van der Waals surface area contributed by atoms with Gasteiger partial charge in [-0.15, -0.1) is 0 Å². The number of rotatable bonds is 5. The van der Waals surface area contributed by atoms with Gasteiger partial charge in [-0.25, -0.2) is 0 Å². The summed E-state index contributed by atoms with van der Waals surface area (Å²) in [6, 6.07) is 9.54. The average Bonchev–Trinajstić information content (AvgIpc) is 2.73. The van der Waals surface area contributed by atoms with Crippen LogP contribution in [0.1, 0.15) is 17.1 Å². The van der Waals surface area contributed by atoms with Crippen LogP contribution in [0.5, 0.6) is 0 Å². The largest absolute Gasteiger partial charge is 0.465 e. The molecule has 1 aromatic heterocycles. The van der Waals surface area contributed by atoms with Gasteiger partial charge in [-0.3, -0.25) is 0 Å². The SMILES string of the molecule is Cc1ccc(CNCCc2ccc(Cl)cc2Cl)o1. The maximum atomic E-state index is 6.10. The monoisotopic (exact) mass is 283 g/mol. The van der Waals surface area contributed by atoms with Crippen molar-refractivity contribution in [3.8, 4) is 0 Å². The Morgan fingerprint density at radius 1 is 1.17 bits per heavy atom. The molecule has 0 atom stereocenters. The van der Waals surface area contributed by atoms with Crippen molar-refractivity contribution in [1.82, 2.24) is 5.32 Å². The summed E-state index contributed by atoms with van der Waals surface area (Å²) >= 11 is 11.9. The van der Waals surface area contributed by atoms with Crippen LogP contribution in [0.15, 0.2) is 34.7 Å². The van der Waals surface area contributed by atoms with Crippen molar-refractivity contribution in [3.05, 3.63) is 57.5 Å². The Bertz CT molecular complexity index is 522. The lowest BCUT2D eigenvalue weighted by atomic mass is 10.1. The van der Waals surface area contributed by atoms with Crippen LogP contribution in [0, 0.1) is 6.92 Å². The molecule has 2 rings (SSSR count). The second-order valence-corrected chi connectivity index (χ2v) is 5.02. The smallest absolute Gasteiger partial charge is 0.117 e. The molecule has 0 aliphatic heterocycles. The van der Waals surface area contributed by atoms with Gasteiger partial charge in [-0.1, -0.05) is 29.3 Å². The third-order valence-electron chi connectivity index (χ3n) is 2.68. The lowest BCUT2D eigenvalue weighted by Gasteiger charge is -2.05. The maximum Gasteiger partial charge on any atom is 0.117 e. The fourth-order valence-corrected chi connectivity index (χ4v) is 2.24. The molecule has 1 aromatic carbocycles. The van der Waals surface area contributed by atoms with Gasteiger partial charge in [0.2, 0.25) is 0 Å². The summed E-state index contributed by atoms with van der Waals surface area (Å²) in [4.78, 5) is 0. The first kappa shape index (κ1) is 13.5. The van der Waals surface area contributed by atoms with E-state index in [0.29, 0.717) is 5.02 Å². The van der Waals surface area contributed by atoms with Crippen LogP contribution >= 0.6 is 23.2 Å². The first-order valence-corrected chi connectivity index (χ1v) is 6.61. The van der Waals surface area contributed by atoms with Gasteiger partial charge in [-0.05, 0) is 49.7 Å². The highest BCUT2D eigenvalue weighted by molar-refractivity contribution is 6.35. The third kappa shape index (κ3) is 3.77. The Hall–Kier alpha value is -0.960. The molecule has 4 heteroatoms. The van der Waals surface area contributed by atoms with Gasteiger partial charge in [0.25, 0.3) is 0 Å². The summed E-state index contributed by atoms with van der Waals surface area (Å²) in [6.07, 6.45) is 0.871. The van der Waals surface area contributed by atoms with E-state index < -0.39 is 0 Å². The summed E-state index contributed by atoms with van der Waals surface area (Å²) in [6.45, 7) is 3.52. The van der Waals surface area contributed by atoms with Crippen LogP contribution in [0.3, 0.4) is 0 Å². The highest BCUT2D eigenvalue weighted by Gasteiger charge is 2.02. The first-order valence-electron chi connectivity index (χ1n) is 5.85. The Balaban J connectivity index is 1.78. The molecular formula is C14H15Cl2NO. The molecule has 0 saturated carbocycles. The molecule has 1 N–H and O–H groups in total. The van der Waals surface area contributed by atoms with E-state index in [1.54, 1.807) is 6.07 Å². The molecule has 0 amide bonds. The van der Waals surface area contributed by atoms with Crippen LogP contribution in [0.25, 0.3) is 0 Å². The number of benzene rings is 1. The third-order valence-corrected chi connectivity index (χ3v) is 3.27. The summed E-state index contributed by atoms with van der Waals surface area (Å²) in [5.74, 6) is 1.89. The molecule has 2 nitrogen and oxygen atoms in total. The Morgan fingerprint density at radius 2 is 2.00 bits per heavy atom. The quantitative estimate of drug-likeness (QED) is 0.831. The molecule has 2 aromatic rings. The van der Waals surface area contributed by atoms with Gasteiger partial charge in [0.1, 0.15) is 11.5 Å². The van der Waals surface area contributed by atoms with Gasteiger partial charge in [-0.2, -0.15) is 0 Å². The molecule has 1 heterocycles. The van der Waals surface area contributed by atoms with Gasteiger partial charge < -0.3 is 9.73 Å². The normalized spacial score (nSPS) is 10.8. The highest BCUT2D eigenvalue weighted by atomic mass is 35.5. The summed E-state index contributed by atoms with van der Waals surface area (Å²) < 4.78 is 5.47. The highest BCUT2D eigenvalue weighted by Crippen LogP contribution is 2.21. The van der Waals surface area contributed by atoms with Crippen molar-refractivity contribution in [1.29, 1.82) is 0 Å². The first-order chi connectivity index (χ1) is 8.65. The van der Waals surface area contributed by atoms with Crippen LogP contribution < -0.4 is 5.32 Å². The minimum atomic E-state index is 0.669. The Labute approximate surface area is 117 Å². The second kappa shape index (κ2) is 6.28. The molecule has 0 unspecified atom stereocenters. The number of nitrogens with one attached hydrogen (secondary N) is 1. The second-order valence-electron chi connectivity index (χ2n) is 4.17. The number of hydrogen-bond acceptors (Lipinski definition) is 2. The van der Waals surface area contributed by atoms with E-state index in [4.69, 9.17) is 27.6 Å². The van der Waals surface area contributed by atoms with Crippen LogP contribution in [-0.2, 0) is 13.0 Å². The zero-order valence-corrected chi connectivity index (χ0v) is 11.7. The Kier molecular flexibility index (Phi) is 4.70. The molecule has 0 bridgehead atoms. The predicted molar refractivity (Wildman–Crippen MR) is 75.3 cm³/mol. The van der Waals surface area contributed by atoms with Crippen LogP contribution in [0.4, 0.5) is 0 Å². The molecule has 0 aliphatic rings. The lowest BCUT2D eigenvalue weighted by molar-refractivity contribution is 0.463. The topological polar surface area (TPSA) is 25.2 Å². The molecule has 0 radical (unpaired) electrons. The Morgan fingerprint density at radius 3 is 2.67 bits per heavy atom. The van der Waals surface area contributed by atoms with Gasteiger partial charge in [0.05, 0.1) is 6.54 Å². The summed E-state index contributed by atoms with van der Waals surface area (Å²) in [5, 5.41) is 4.71. The molecule has 96 valence electrons. The number of hydrogen-bond donors (Lipinski definition) is 1. The average molecular weight is 284 g/mol. The number of halogens is 2.